The molecular formula is C19H23FN2O3S. The lowest BCUT2D eigenvalue weighted by Gasteiger charge is -2.21. The van der Waals surface area contributed by atoms with Crippen molar-refractivity contribution in [3.63, 3.8) is 0 Å². The molecule has 5 nitrogen and oxygen atoms in total. The minimum Gasteiger partial charge on any atom is -0.337 e. The summed E-state index contributed by atoms with van der Waals surface area (Å²) in [6.07, 6.45) is 0. The van der Waals surface area contributed by atoms with Gasteiger partial charge in [-0.1, -0.05) is 29.8 Å². The van der Waals surface area contributed by atoms with Crippen LogP contribution in [0.1, 0.15) is 23.6 Å². The molecule has 2 aromatic rings. The number of rotatable bonds is 7. The zero-order valence-electron chi connectivity index (χ0n) is 15.1. The van der Waals surface area contributed by atoms with Gasteiger partial charge in [0.1, 0.15) is 5.82 Å². The molecule has 0 radical (unpaired) electrons. The van der Waals surface area contributed by atoms with Gasteiger partial charge in [-0.3, -0.25) is 4.79 Å². The third-order valence-corrected chi connectivity index (χ3v) is 5.66. The summed E-state index contributed by atoms with van der Waals surface area (Å²) in [5, 5.41) is 0. The van der Waals surface area contributed by atoms with E-state index in [1.807, 2.05) is 31.2 Å². The monoisotopic (exact) mass is 378 g/mol. The van der Waals surface area contributed by atoms with Gasteiger partial charge in [0.15, 0.2) is 0 Å². The van der Waals surface area contributed by atoms with Crippen LogP contribution in [-0.4, -0.2) is 32.3 Å². The summed E-state index contributed by atoms with van der Waals surface area (Å²) in [5.41, 5.74) is 2.44. The van der Waals surface area contributed by atoms with Gasteiger partial charge in [0.25, 0.3) is 0 Å². The number of carbonyl (C=O) groups excluding carboxylic acids is 1. The van der Waals surface area contributed by atoms with Crippen LogP contribution in [0.25, 0.3) is 0 Å². The number of carbonyl (C=O) groups is 1. The second-order valence-corrected chi connectivity index (χ2v) is 7.97. The fraction of sp³-hybridized carbons (Fsp3) is 0.316. The van der Waals surface area contributed by atoms with E-state index in [-0.39, 0.29) is 23.9 Å². The van der Waals surface area contributed by atoms with Crippen molar-refractivity contribution >= 4 is 15.9 Å². The number of aryl methyl sites for hydroxylation is 2. The van der Waals surface area contributed by atoms with Gasteiger partial charge >= 0.3 is 0 Å². The SMILES string of the molecule is CC(=O)N(CCNS(=O)(=O)c1ccc(F)cc1C)Cc1ccc(C)cc1. The van der Waals surface area contributed by atoms with Crippen LogP contribution >= 0.6 is 0 Å². The van der Waals surface area contributed by atoms with Gasteiger partial charge < -0.3 is 4.90 Å². The minimum atomic E-state index is -3.76. The standard InChI is InChI=1S/C19H23FN2O3S/c1-14-4-6-17(7-5-14)13-22(16(3)23)11-10-21-26(24,25)19-9-8-18(20)12-15(19)2/h4-9,12,21H,10-11,13H2,1-3H3. The number of benzene rings is 2. The maximum Gasteiger partial charge on any atom is 0.240 e. The summed E-state index contributed by atoms with van der Waals surface area (Å²) in [6, 6.07) is 11.3. The van der Waals surface area contributed by atoms with Crippen molar-refractivity contribution < 1.29 is 17.6 Å². The van der Waals surface area contributed by atoms with E-state index >= 15 is 0 Å². The molecule has 0 bridgehead atoms. The van der Waals surface area contributed by atoms with Crippen LogP contribution in [0.3, 0.4) is 0 Å². The molecule has 1 N–H and O–H groups in total. The van der Waals surface area contributed by atoms with Crippen LogP contribution < -0.4 is 4.72 Å². The van der Waals surface area contributed by atoms with Gasteiger partial charge in [-0.15, -0.1) is 0 Å². The number of nitrogens with zero attached hydrogens (tertiary/aromatic N) is 1. The fourth-order valence-electron chi connectivity index (χ4n) is 2.57. The number of sulfonamides is 1. The van der Waals surface area contributed by atoms with Crippen molar-refractivity contribution in [1.29, 1.82) is 0 Å². The molecule has 0 unspecified atom stereocenters. The van der Waals surface area contributed by atoms with Gasteiger partial charge in [-0.25, -0.2) is 17.5 Å². The Bertz CT molecular complexity index is 880. The largest absolute Gasteiger partial charge is 0.337 e. The molecule has 0 spiro atoms. The zero-order valence-corrected chi connectivity index (χ0v) is 15.9. The fourth-order valence-corrected chi connectivity index (χ4v) is 3.81. The second kappa shape index (κ2) is 8.42. The average molecular weight is 378 g/mol. The Kier molecular flexibility index (Phi) is 6.50. The van der Waals surface area contributed by atoms with E-state index < -0.39 is 15.8 Å². The number of hydrogen-bond donors (Lipinski definition) is 1. The Morgan fingerprint density at radius 3 is 2.35 bits per heavy atom. The molecule has 0 saturated heterocycles. The lowest BCUT2D eigenvalue weighted by Crippen LogP contribution is -2.37. The van der Waals surface area contributed by atoms with E-state index in [2.05, 4.69) is 4.72 Å². The third kappa shape index (κ3) is 5.37. The highest BCUT2D eigenvalue weighted by atomic mass is 32.2. The lowest BCUT2D eigenvalue weighted by atomic mass is 10.1. The molecule has 0 fully saturated rings. The van der Waals surface area contributed by atoms with Crippen LogP contribution in [0, 0.1) is 19.7 Å². The van der Waals surface area contributed by atoms with Crippen LogP contribution in [-0.2, 0) is 21.4 Å². The Hall–Kier alpha value is -2.25. The molecule has 0 aliphatic heterocycles. The van der Waals surface area contributed by atoms with Crippen molar-refractivity contribution in [1.82, 2.24) is 9.62 Å². The Labute approximate surface area is 153 Å². The summed E-state index contributed by atoms with van der Waals surface area (Å²) in [5.74, 6) is -0.620. The van der Waals surface area contributed by atoms with Gasteiger partial charge in [-0.2, -0.15) is 0 Å². The van der Waals surface area contributed by atoms with Gasteiger partial charge in [-0.05, 0) is 43.2 Å². The highest BCUT2D eigenvalue weighted by Crippen LogP contribution is 2.15. The summed E-state index contributed by atoms with van der Waals surface area (Å²) in [6.45, 7) is 5.70. The van der Waals surface area contributed by atoms with Gasteiger partial charge in [0.05, 0.1) is 4.90 Å². The molecule has 140 valence electrons. The van der Waals surface area contributed by atoms with Crippen LogP contribution in [0.4, 0.5) is 4.39 Å². The van der Waals surface area contributed by atoms with Gasteiger partial charge in [0.2, 0.25) is 15.9 Å². The first-order chi connectivity index (χ1) is 12.2. The predicted octanol–water partition coefficient (Wildman–Crippen LogP) is 2.77. The second-order valence-electron chi connectivity index (χ2n) is 6.23. The van der Waals surface area contributed by atoms with E-state index in [0.717, 1.165) is 17.2 Å². The molecule has 7 heteroatoms. The first kappa shape index (κ1) is 20.1. The molecular weight excluding hydrogens is 355 g/mol. The van der Waals surface area contributed by atoms with Crippen molar-refractivity contribution in [3.8, 4) is 0 Å². The Morgan fingerprint density at radius 1 is 1.12 bits per heavy atom. The van der Waals surface area contributed by atoms with Crippen LogP contribution in [0.15, 0.2) is 47.4 Å². The maximum atomic E-state index is 13.2. The number of halogens is 1. The number of hydrogen-bond acceptors (Lipinski definition) is 3. The summed E-state index contributed by atoms with van der Waals surface area (Å²) >= 11 is 0. The van der Waals surface area contributed by atoms with Crippen molar-refractivity contribution in [2.24, 2.45) is 0 Å². The third-order valence-electron chi connectivity index (χ3n) is 4.04. The van der Waals surface area contributed by atoms with Crippen molar-refractivity contribution in [2.75, 3.05) is 13.1 Å². The van der Waals surface area contributed by atoms with E-state index in [4.69, 9.17) is 0 Å². The number of amides is 1. The van der Waals surface area contributed by atoms with Gasteiger partial charge in [0, 0.05) is 26.6 Å². The van der Waals surface area contributed by atoms with E-state index in [1.165, 1.54) is 26.0 Å². The van der Waals surface area contributed by atoms with Crippen molar-refractivity contribution in [2.45, 2.75) is 32.2 Å². The smallest absolute Gasteiger partial charge is 0.240 e. The van der Waals surface area contributed by atoms with E-state index in [0.29, 0.717) is 12.1 Å². The molecule has 2 rings (SSSR count). The number of nitrogens with one attached hydrogen (secondary N) is 1. The highest BCUT2D eigenvalue weighted by Gasteiger charge is 2.18. The minimum absolute atomic E-state index is 0.0341. The predicted molar refractivity (Wildman–Crippen MR) is 98.6 cm³/mol. The lowest BCUT2D eigenvalue weighted by molar-refractivity contribution is -0.129. The molecule has 0 aromatic heterocycles. The van der Waals surface area contributed by atoms with Crippen molar-refractivity contribution in [3.05, 3.63) is 65.0 Å². The van der Waals surface area contributed by atoms with E-state index in [1.54, 1.807) is 4.90 Å². The molecule has 26 heavy (non-hydrogen) atoms. The maximum absolute atomic E-state index is 13.2. The normalized spacial score (nSPS) is 11.4. The quantitative estimate of drug-likeness (QED) is 0.806. The Morgan fingerprint density at radius 2 is 1.77 bits per heavy atom. The molecule has 1 amide bonds. The zero-order chi connectivity index (χ0) is 19.3. The molecule has 0 atom stereocenters. The van der Waals surface area contributed by atoms with Crippen LogP contribution in [0.2, 0.25) is 0 Å². The topological polar surface area (TPSA) is 66.5 Å². The molecule has 0 aliphatic rings. The first-order valence-electron chi connectivity index (χ1n) is 8.26. The Balaban J connectivity index is 2.00. The first-order valence-corrected chi connectivity index (χ1v) is 9.74. The summed E-state index contributed by atoms with van der Waals surface area (Å²) in [4.78, 5) is 13.4. The summed E-state index contributed by atoms with van der Waals surface area (Å²) in [7, 11) is -3.76. The average Bonchev–Trinajstić information content (AvgIpc) is 2.55. The van der Waals surface area contributed by atoms with E-state index in [9.17, 15) is 17.6 Å². The highest BCUT2D eigenvalue weighted by molar-refractivity contribution is 7.89. The molecule has 0 saturated carbocycles. The molecule has 2 aromatic carbocycles. The molecule has 0 heterocycles. The molecule has 0 aliphatic carbocycles. The summed E-state index contributed by atoms with van der Waals surface area (Å²) < 4.78 is 40.4. The van der Waals surface area contributed by atoms with Crippen LogP contribution in [0.5, 0.6) is 0 Å².